The van der Waals surface area contributed by atoms with Gasteiger partial charge in [-0.1, -0.05) is 0 Å². The molecule has 0 aromatic carbocycles. The van der Waals surface area contributed by atoms with E-state index in [1.54, 1.807) is 13.3 Å². The summed E-state index contributed by atoms with van der Waals surface area (Å²) in [6.07, 6.45) is 6.85. The van der Waals surface area contributed by atoms with Gasteiger partial charge in [0.05, 0.1) is 24.2 Å². The smallest absolute Gasteiger partial charge is 0.222 e. The lowest BCUT2D eigenvalue weighted by molar-refractivity contribution is -0.130. The fourth-order valence-electron chi connectivity index (χ4n) is 3.33. The zero-order valence-corrected chi connectivity index (χ0v) is 13.4. The van der Waals surface area contributed by atoms with Crippen molar-refractivity contribution >= 4 is 11.7 Å². The molecule has 1 aromatic heterocycles. The quantitative estimate of drug-likeness (QED) is 0.793. The number of aromatic nitrogens is 2. The van der Waals surface area contributed by atoms with Crippen molar-refractivity contribution in [2.24, 2.45) is 0 Å². The van der Waals surface area contributed by atoms with Gasteiger partial charge in [0.1, 0.15) is 12.1 Å². The maximum atomic E-state index is 12.1. The highest BCUT2D eigenvalue weighted by molar-refractivity contribution is 5.77. The summed E-state index contributed by atoms with van der Waals surface area (Å²) in [7, 11) is 1.70. The molecule has 3 rings (SSSR count). The van der Waals surface area contributed by atoms with Crippen molar-refractivity contribution in [1.29, 1.82) is 0 Å². The first-order valence-electron chi connectivity index (χ1n) is 8.14. The van der Waals surface area contributed by atoms with E-state index >= 15 is 0 Å². The Kier molecular flexibility index (Phi) is 4.77. The molecule has 126 valence electrons. The van der Waals surface area contributed by atoms with Crippen LogP contribution < -0.4 is 10.2 Å². The zero-order valence-electron chi connectivity index (χ0n) is 13.4. The van der Waals surface area contributed by atoms with Crippen molar-refractivity contribution in [3.8, 4) is 0 Å². The number of amides is 1. The molecule has 2 N–H and O–H groups in total. The van der Waals surface area contributed by atoms with Crippen LogP contribution in [0.25, 0.3) is 0 Å². The van der Waals surface area contributed by atoms with E-state index < -0.39 is 5.60 Å². The van der Waals surface area contributed by atoms with Crippen LogP contribution in [0.2, 0.25) is 0 Å². The molecular formula is C16H24N4O3. The number of ether oxygens (including phenoxy) is 1. The highest BCUT2D eigenvalue weighted by Crippen LogP contribution is 2.34. The van der Waals surface area contributed by atoms with Crippen molar-refractivity contribution in [1.82, 2.24) is 15.3 Å². The van der Waals surface area contributed by atoms with Crippen LogP contribution in [-0.4, -0.2) is 58.9 Å². The third-order valence-electron chi connectivity index (χ3n) is 4.88. The van der Waals surface area contributed by atoms with Gasteiger partial charge in [0.15, 0.2) is 0 Å². The largest absolute Gasteiger partial charge is 0.389 e. The van der Waals surface area contributed by atoms with Gasteiger partial charge in [-0.3, -0.25) is 4.79 Å². The molecule has 7 nitrogen and oxygen atoms in total. The summed E-state index contributed by atoms with van der Waals surface area (Å²) in [4.78, 5) is 22.4. The van der Waals surface area contributed by atoms with Gasteiger partial charge in [-0.05, 0) is 31.7 Å². The van der Waals surface area contributed by atoms with Crippen molar-refractivity contribution in [2.75, 3.05) is 25.1 Å². The van der Waals surface area contributed by atoms with E-state index in [-0.39, 0.29) is 24.5 Å². The van der Waals surface area contributed by atoms with E-state index in [0.29, 0.717) is 6.54 Å². The zero-order chi connectivity index (χ0) is 16.3. The average Bonchev–Trinajstić information content (AvgIpc) is 2.95. The number of carbonyl (C=O) groups is 1. The summed E-state index contributed by atoms with van der Waals surface area (Å²) >= 11 is 0. The number of hydrogen-bond acceptors (Lipinski definition) is 6. The number of hydrogen-bond donors (Lipinski definition) is 2. The summed E-state index contributed by atoms with van der Waals surface area (Å²) in [5.41, 5.74) is -0.777. The minimum absolute atomic E-state index is 0.0873. The van der Waals surface area contributed by atoms with Crippen molar-refractivity contribution in [2.45, 2.75) is 49.9 Å². The second-order valence-electron chi connectivity index (χ2n) is 6.53. The fourth-order valence-corrected chi connectivity index (χ4v) is 3.33. The van der Waals surface area contributed by atoms with E-state index in [4.69, 9.17) is 4.74 Å². The normalized spacial score (nSPS) is 25.9. The Labute approximate surface area is 136 Å². The summed E-state index contributed by atoms with van der Waals surface area (Å²) in [5, 5.41) is 13.0. The molecule has 1 amide bonds. The molecule has 0 radical (unpaired) electrons. The molecule has 1 aromatic rings. The van der Waals surface area contributed by atoms with E-state index in [1.807, 2.05) is 6.07 Å². The first-order valence-corrected chi connectivity index (χ1v) is 8.14. The molecule has 7 heteroatoms. The number of rotatable bonds is 6. The third kappa shape index (κ3) is 3.79. The monoisotopic (exact) mass is 320 g/mol. The Morgan fingerprint density at radius 3 is 3.00 bits per heavy atom. The Bertz CT molecular complexity index is 535. The van der Waals surface area contributed by atoms with E-state index in [0.717, 1.165) is 38.0 Å². The summed E-state index contributed by atoms with van der Waals surface area (Å²) in [6, 6.07) is 2.00. The number of aliphatic hydroxyl groups is 1. The SMILES string of the molecule is CO[C@@H]1C[C@H](CNC(=O)CC2(O)CCC2)N(c2ccncn2)C1. The molecule has 1 aliphatic heterocycles. The number of carbonyl (C=O) groups excluding carboxylic acids is 1. The second kappa shape index (κ2) is 6.80. The molecule has 0 spiro atoms. The van der Waals surface area contributed by atoms with Crippen LogP contribution >= 0.6 is 0 Å². The van der Waals surface area contributed by atoms with E-state index in [2.05, 4.69) is 20.2 Å². The maximum absolute atomic E-state index is 12.1. The lowest BCUT2D eigenvalue weighted by Crippen LogP contribution is -2.45. The van der Waals surface area contributed by atoms with Crippen LogP contribution in [-0.2, 0) is 9.53 Å². The Morgan fingerprint density at radius 1 is 1.57 bits per heavy atom. The number of nitrogens with one attached hydrogen (secondary N) is 1. The summed E-state index contributed by atoms with van der Waals surface area (Å²) in [5.74, 6) is 0.757. The lowest BCUT2D eigenvalue weighted by atomic mass is 9.78. The topological polar surface area (TPSA) is 87.6 Å². The highest BCUT2D eigenvalue weighted by atomic mass is 16.5. The fraction of sp³-hybridized carbons (Fsp3) is 0.688. The van der Waals surface area contributed by atoms with Crippen molar-refractivity contribution in [3.63, 3.8) is 0 Å². The maximum Gasteiger partial charge on any atom is 0.222 e. The molecule has 1 saturated carbocycles. The highest BCUT2D eigenvalue weighted by Gasteiger charge is 2.37. The van der Waals surface area contributed by atoms with Gasteiger partial charge in [-0.2, -0.15) is 0 Å². The Hall–Kier alpha value is -1.73. The van der Waals surface area contributed by atoms with Gasteiger partial charge >= 0.3 is 0 Å². The van der Waals surface area contributed by atoms with Gasteiger partial charge in [0, 0.05) is 26.4 Å². The molecule has 2 atom stereocenters. The van der Waals surface area contributed by atoms with Gasteiger partial charge in [0.25, 0.3) is 0 Å². The number of anilines is 1. The molecule has 2 aliphatic rings. The molecule has 2 fully saturated rings. The molecular weight excluding hydrogens is 296 g/mol. The molecule has 2 heterocycles. The molecule has 1 saturated heterocycles. The van der Waals surface area contributed by atoms with Crippen molar-refractivity contribution in [3.05, 3.63) is 18.6 Å². The summed E-state index contributed by atoms with van der Waals surface area (Å²) < 4.78 is 5.47. The second-order valence-corrected chi connectivity index (χ2v) is 6.53. The molecule has 23 heavy (non-hydrogen) atoms. The predicted octanol–water partition coefficient (Wildman–Crippen LogP) is 0.492. The summed E-state index contributed by atoms with van der Waals surface area (Å²) in [6.45, 7) is 1.27. The molecule has 1 aliphatic carbocycles. The van der Waals surface area contributed by atoms with Crippen LogP contribution in [0.15, 0.2) is 18.6 Å². The lowest BCUT2D eigenvalue weighted by Gasteiger charge is -2.36. The Morgan fingerprint density at radius 2 is 2.39 bits per heavy atom. The van der Waals surface area contributed by atoms with Gasteiger partial charge in [0.2, 0.25) is 5.91 Å². The van der Waals surface area contributed by atoms with Crippen molar-refractivity contribution < 1.29 is 14.6 Å². The minimum atomic E-state index is -0.777. The number of nitrogens with zero attached hydrogens (tertiary/aromatic N) is 3. The molecule has 0 bridgehead atoms. The van der Waals surface area contributed by atoms with Crippen LogP contribution in [0.5, 0.6) is 0 Å². The van der Waals surface area contributed by atoms with E-state index in [1.165, 1.54) is 6.33 Å². The minimum Gasteiger partial charge on any atom is -0.389 e. The van der Waals surface area contributed by atoms with Gasteiger partial charge in [-0.15, -0.1) is 0 Å². The van der Waals surface area contributed by atoms with Crippen LogP contribution in [0.1, 0.15) is 32.1 Å². The standard InChI is InChI=1S/C16H24N4O3/c1-23-13-7-12(20(10-13)14-3-6-17-11-19-14)9-18-15(21)8-16(22)4-2-5-16/h3,6,11-13,22H,2,4-5,7-10H2,1H3,(H,18,21)/t12-,13-/m1/s1. The van der Waals surface area contributed by atoms with E-state index in [9.17, 15) is 9.90 Å². The predicted molar refractivity (Wildman–Crippen MR) is 85.0 cm³/mol. The van der Waals surface area contributed by atoms with Crippen LogP contribution in [0.4, 0.5) is 5.82 Å². The average molecular weight is 320 g/mol. The van der Waals surface area contributed by atoms with Crippen LogP contribution in [0.3, 0.4) is 0 Å². The van der Waals surface area contributed by atoms with Gasteiger partial charge in [-0.25, -0.2) is 9.97 Å². The molecule has 0 unspecified atom stereocenters. The first-order chi connectivity index (χ1) is 11.1. The first kappa shape index (κ1) is 16.1. The third-order valence-corrected chi connectivity index (χ3v) is 4.88. The van der Waals surface area contributed by atoms with Gasteiger partial charge < -0.3 is 20.1 Å². The Balaban J connectivity index is 1.57. The number of methoxy groups -OCH3 is 1. The van der Waals surface area contributed by atoms with Crippen LogP contribution in [0, 0.1) is 0 Å².